The zero-order chi connectivity index (χ0) is 13.9. The van der Waals surface area contributed by atoms with Crippen molar-refractivity contribution in [3.63, 3.8) is 0 Å². The molecule has 0 radical (unpaired) electrons. The SMILES string of the molecule is Cc1cc(COc2ccc(Br)nc2)c2ccccc2n1. The molecular formula is C16H13BrN2O. The van der Waals surface area contributed by atoms with Crippen molar-refractivity contribution >= 4 is 26.8 Å². The van der Waals surface area contributed by atoms with Crippen LogP contribution in [0.1, 0.15) is 11.3 Å². The summed E-state index contributed by atoms with van der Waals surface area (Å²) in [5, 5.41) is 1.13. The van der Waals surface area contributed by atoms with Crippen molar-refractivity contribution < 1.29 is 4.74 Å². The molecule has 2 aromatic heterocycles. The Morgan fingerprint density at radius 1 is 1.15 bits per heavy atom. The average molecular weight is 329 g/mol. The molecule has 0 bridgehead atoms. The molecule has 0 aliphatic heterocycles. The van der Waals surface area contributed by atoms with Gasteiger partial charge in [-0.3, -0.25) is 4.98 Å². The maximum Gasteiger partial charge on any atom is 0.138 e. The Kier molecular flexibility index (Phi) is 3.65. The van der Waals surface area contributed by atoms with Crippen molar-refractivity contribution in [2.45, 2.75) is 13.5 Å². The fourth-order valence-corrected chi connectivity index (χ4v) is 2.36. The van der Waals surface area contributed by atoms with Crippen molar-refractivity contribution in [1.82, 2.24) is 9.97 Å². The number of ether oxygens (including phenoxy) is 1. The van der Waals surface area contributed by atoms with E-state index in [0.717, 1.165) is 32.5 Å². The molecule has 0 amide bonds. The summed E-state index contributed by atoms with van der Waals surface area (Å²) >= 11 is 3.31. The van der Waals surface area contributed by atoms with Gasteiger partial charge in [0.1, 0.15) is 17.0 Å². The fraction of sp³-hybridized carbons (Fsp3) is 0.125. The molecule has 3 rings (SSSR count). The Morgan fingerprint density at radius 3 is 2.80 bits per heavy atom. The van der Waals surface area contributed by atoms with Gasteiger partial charge in [0.15, 0.2) is 0 Å². The topological polar surface area (TPSA) is 35.0 Å². The standard InChI is InChI=1S/C16H13BrN2O/c1-11-8-12(14-4-2-3-5-15(14)19-11)10-20-13-6-7-16(17)18-9-13/h2-9H,10H2,1H3. The number of aryl methyl sites for hydroxylation is 1. The van der Waals surface area contributed by atoms with Gasteiger partial charge < -0.3 is 4.74 Å². The summed E-state index contributed by atoms with van der Waals surface area (Å²) in [4.78, 5) is 8.68. The number of fused-ring (bicyclic) bond motifs is 1. The number of benzene rings is 1. The average Bonchev–Trinajstić information content (AvgIpc) is 2.46. The monoisotopic (exact) mass is 328 g/mol. The van der Waals surface area contributed by atoms with Gasteiger partial charge in [0.2, 0.25) is 0 Å². The quantitative estimate of drug-likeness (QED) is 0.673. The smallest absolute Gasteiger partial charge is 0.138 e. The van der Waals surface area contributed by atoms with Gasteiger partial charge in [-0.05, 0) is 47.1 Å². The van der Waals surface area contributed by atoms with E-state index in [1.165, 1.54) is 0 Å². The van der Waals surface area contributed by atoms with Crippen LogP contribution in [0.15, 0.2) is 53.3 Å². The van der Waals surface area contributed by atoms with Gasteiger partial charge in [-0.2, -0.15) is 0 Å². The van der Waals surface area contributed by atoms with Crippen LogP contribution in [-0.4, -0.2) is 9.97 Å². The lowest BCUT2D eigenvalue weighted by atomic mass is 10.1. The summed E-state index contributed by atoms with van der Waals surface area (Å²) in [7, 11) is 0. The lowest BCUT2D eigenvalue weighted by molar-refractivity contribution is 0.306. The number of nitrogens with zero attached hydrogens (tertiary/aromatic N) is 2. The van der Waals surface area contributed by atoms with Crippen molar-refractivity contribution in [3.05, 3.63) is 64.5 Å². The highest BCUT2D eigenvalue weighted by molar-refractivity contribution is 9.10. The van der Waals surface area contributed by atoms with E-state index in [4.69, 9.17) is 4.74 Å². The molecule has 0 fully saturated rings. The number of halogens is 1. The first-order valence-electron chi connectivity index (χ1n) is 6.32. The zero-order valence-corrected chi connectivity index (χ0v) is 12.6. The third kappa shape index (κ3) is 2.80. The molecule has 0 atom stereocenters. The second kappa shape index (κ2) is 5.59. The van der Waals surface area contributed by atoms with Crippen LogP contribution in [0, 0.1) is 6.92 Å². The van der Waals surface area contributed by atoms with E-state index >= 15 is 0 Å². The molecule has 0 unspecified atom stereocenters. The molecule has 3 aromatic rings. The molecule has 20 heavy (non-hydrogen) atoms. The van der Waals surface area contributed by atoms with Gasteiger partial charge in [-0.25, -0.2) is 4.98 Å². The number of para-hydroxylation sites is 1. The van der Waals surface area contributed by atoms with Crippen LogP contribution < -0.4 is 4.74 Å². The first kappa shape index (κ1) is 13.1. The Bertz CT molecular complexity index is 741. The molecule has 1 aromatic carbocycles. The van der Waals surface area contributed by atoms with Gasteiger partial charge in [0, 0.05) is 16.6 Å². The predicted molar refractivity (Wildman–Crippen MR) is 82.7 cm³/mol. The summed E-state index contributed by atoms with van der Waals surface area (Å²) in [6.45, 7) is 2.50. The number of pyridine rings is 2. The van der Waals surface area contributed by atoms with Crippen LogP contribution in [-0.2, 0) is 6.61 Å². The van der Waals surface area contributed by atoms with Crippen LogP contribution in [0.5, 0.6) is 5.75 Å². The lowest BCUT2D eigenvalue weighted by Gasteiger charge is -2.09. The van der Waals surface area contributed by atoms with E-state index in [0.29, 0.717) is 6.61 Å². The first-order valence-corrected chi connectivity index (χ1v) is 7.11. The van der Waals surface area contributed by atoms with E-state index in [1.807, 2.05) is 37.3 Å². The highest BCUT2D eigenvalue weighted by atomic mass is 79.9. The Morgan fingerprint density at radius 2 is 2.00 bits per heavy atom. The molecular weight excluding hydrogens is 316 g/mol. The van der Waals surface area contributed by atoms with Crippen LogP contribution in [0.2, 0.25) is 0 Å². The second-order valence-electron chi connectivity index (χ2n) is 4.55. The van der Waals surface area contributed by atoms with Crippen LogP contribution in [0.4, 0.5) is 0 Å². The van der Waals surface area contributed by atoms with Gasteiger partial charge in [-0.15, -0.1) is 0 Å². The van der Waals surface area contributed by atoms with E-state index in [9.17, 15) is 0 Å². The molecule has 0 N–H and O–H groups in total. The molecule has 3 nitrogen and oxygen atoms in total. The summed E-state index contributed by atoms with van der Waals surface area (Å²) < 4.78 is 6.60. The highest BCUT2D eigenvalue weighted by Gasteiger charge is 2.04. The number of hydrogen-bond donors (Lipinski definition) is 0. The zero-order valence-electron chi connectivity index (χ0n) is 11.0. The molecule has 0 saturated heterocycles. The summed E-state index contributed by atoms with van der Waals surface area (Å²) in [5.41, 5.74) is 3.13. The third-order valence-electron chi connectivity index (χ3n) is 3.02. The fourth-order valence-electron chi connectivity index (χ4n) is 2.12. The van der Waals surface area contributed by atoms with E-state index in [1.54, 1.807) is 6.20 Å². The number of aromatic nitrogens is 2. The lowest BCUT2D eigenvalue weighted by Crippen LogP contribution is -1.99. The molecule has 4 heteroatoms. The van der Waals surface area contributed by atoms with Gasteiger partial charge in [0.05, 0.1) is 11.7 Å². The summed E-state index contributed by atoms with van der Waals surface area (Å²) in [6, 6.07) is 13.9. The van der Waals surface area contributed by atoms with E-state index < -0.39 is 0 Å². The molecule has 2 heterocycles. The maximum absolute atomic E-state index is 5.80. The van der Waals surface area contributed by atoms with Gasteiger partial charge >= 0.3 is 0 Å². The highest BCUT2D eigenvalue weighted by Crippen LogP contribution is 2.20. The van der Waals surface area contributed by atoms with Crippen molar-refractivity contribution in [2.75, 3.05) is 0 Å². The molecule has 0 spiro atoms. The van der Waals surface area contributed by atoms with Crippen molar-refractivity contribution in [3.8, 4) is 5.75 Å². The largest absolute Gasteiger partial charge is 0.487 e. The molecule has 0 aliphatic rings. The summed E-state index contributed by atoms with van der Waals surface area (Å²) in [5.74, 6) is 0.756. The van der Waals surface area contributed by atoms with Gasteiger partial charge in [-0.1, -0.05) is 18.2 Å². The van der Waals surface area contributed by atoms with Gasteiger partial charge in [0.25, 0.3) is 0 Å². The molecule has 0 saturated carbocycles. The third-order valence-corrected chi connectivity index (χ3v) is 3.49. The Labute approximate surface area is 125 Å². The first-order chi connectivity index (χ1) is 9.72. The minimum atomic E-state index is 0.507. The van der Waals surface area contributed by atoms with E-state index in [2.05, 4.69) is 38.0 Å². The van der Waals surface area contributed by atoms with E-state index in [-0.39, 0.29) is 0 Å². The minimum absolute atomic E-state index is 0.507. The minimum Gasteiger partial charge on any atom is -0.487 e. The maximum atomic E-state index is 5.80. The van der Waals surface area contributed by atoms with Crippen molar-refractivity contribution in [2.24, 2.45) is 0 Å². The second-order valence-corrected chi connectivity index (χ2v) is 5.36. The molecule has 0 aliphatic carbocycles. The molecule has 100 valence electrons. The number of rotatable bonds is 3. The number of hydrogen-bond acceptors (Lipinski definition) is 3. The van der Waals surface area contributed by atoms with Crippen LogP contribution in [0.3, 0.4) is 0 Å². The summed E-state index contributed by atoms with van der Waals surface area (Å²) in [6.07, 6.45) is 1.71. The normalized spacial score (nSPS) is 10.7. The Hall–Kier alpha value is -1.94. The Balaban J connectivity index is 1.88. The van der Waals surface area contributed by atoms with Crippen LogP contribution >= 0.6 is 15.9 Å². The van der Waals surface area contributed by atoms with Crippen LogP contribution in [0.25, 0.3) is 10.9 Å². The van der Waals surface area contributed by atoms with Crippen molar-refractivity contribution in [1.29, 1.82) is 0 Å². The predicted octanol–water partition coefficient (Wildman–Crippen LogP) is 4.28.